The van der Waals surface area contributed by atoms with Crippen LogP contribution in [0.2, 0.25) is 0 Å². The number of nitrogens with two attached hydrogens (primary N) is 1. The molecule has 4 rings (SSSR count). The van der Waals surface area contributed by atoms with Crippen molar-refractivity contribution in [2.75, 3.05) is 30.8 Å². The third-order valence-corrected chi connectivity index (χ3v) is 6.07. The lowest BCUT2D eigenvalue weighted by Gasteiger charge is -2.27. The van der Waals surface area contributed by atoms with Crippen LogP contribution in [0.15, 0.2) is 52.9 Å². The van der Waals surface area contributed by atoms with Crippen molar-refractivity contribution >= 4 is 28.3 Å². The van der Waals surface area contributed by atoms with Gasteiger partial charge in [0.05, 0.1) is 12.5 Å². The van der Waals surface area contributed by atoms with E-state index in [1.54, 1.807) is 25.3 Å². The van der Waals surface area contributed by atoms with Gasteiger partial charge in [0.2, 0.25) is 0 Å². The number of carboxylic acid groups (broad SMARTS) is 1. The standard InChI is InChI=1S/C27H29N3O4/c1-4-30(11-5-6-26(31)32)22-15-23(33-3)21(12-16(22)2)27-19-9-7-17(28)13-24(19)34-25-14-18(29)8-10-20(25)27/h7-10,12-15,28H,4-6,11,29H2,1-3H3,(H,31,32). The van der Waals surface area contributed by atoms with E-state index < -0.39 is 5.97 Å². The minimum atomic E-state index is -0.787. The molecule has 0 atom stereocenters. The number of fused-ring (bicyclic) bond motifs is 2. The van der Waals surface area contributed by atoms with Gasteiger partial charge in [0.1, 0.15) is 17.1 Å². The van der Waals surface area contributed by atoms with Crippen LogP contribution in [0.25, 0.3) is 33.4 Å². The van der Waals surface area contributed by atoms with Gasteiger partial charge in [-0.3, -0.25) is 4.79 Å². The summed E-state index contributed by atoms with van der Waals surface area (Å²) in [5, 5.41) is 18.3. The first-order valence-electron chi connectivity index (χ1n) is 11.3. The minimum absolute atomic E-state index is 0.136. The first-order chi connectivity index (χ1) is 16.3. The molecule has 1 heterocycles. The zero-order chi connectivity index (χ0) is 24.4. The normalized spacial score (nSPS) is 11.1. The highest BCUT2D eigenvalue weighted by atomic mass is 16.5. The summed E-state index contributed by atoms with van der Waals surface area (Å²) in [5.74, 6) is 0.525. The number of methoxy groups -OCH3 is 1. The number of hydrogen-bond acceptors (Lipinski definition) is 6. The van der Waals surface area contributed by atoms with Crippen molar-refractivity contribution < 1.29 is 19.1 Å². The Balaban J connectivity index is 1.92. The molecule has 0 spiro atoms. The lowest BCUT2D eigenvalue weighted by Crippen LogP contribution is -2.25. The van der Waals surface area contributed by atoms with Crippen LogP contribution in [0.1, 0.15) is 25.3 Å². The van der Waals surface area contributed by atoms with Gasteiger partial charge in [0, 0.05) is 71.2 Å². The van der Waals surface area contributed by atoms with E-state index in [1.807, 2.05) is 24.3 Å². The van der Waals surface area contributed by atoms with Crippen molar-refractivity contribution in [1.82, 2.24) is 0 Å². The van der Waals surface area contributed by atoms with Crippen LogP contribution >= 0.6 is 0 Å². The van der Waals surface area contributed by atoms with Gasteiger partial charge in [-0.25, -0.2) is 0 Å². The van der Waals surface area contributed by atoms with E-state index in [0.717, 1.165) is 39.9 Å². The summed E-state index contributed by atoms with van der Waals surface area (Å²) in [4.78, 5) is 13.1. The lowest BCUT2D eigenvalue weighted by atomic mass is 9.91. The quantitative estimate of drug-likeness (QED) is 0.244. The molecule has 0 fully saturated rings. The van der Waals surface area contributed by atoms with Gasteiger partial charge in [0.25, 0.3) is 0 Å². The Labute approximate surface area is 198 Å². The SMILES string of the molecule is CCN(CCCC(=O)O)c1cc(OC)c(-c2c3ccc(=N)cc-3oc3cc(N)ccc23)cc1C. The molecule has 0 radical (unpaired) electrons. The van der Waals surface area contributed by atoms with Crippen LogP contribution in [-0.2, 0) is 4.79 Å². The second-order valence-corrected chi connectivity index (χ2v) is 8.36. The number of rotatable bonds is 8. The number of carbonyl (C=O) groups is 1. The topological polar surface area (TPSA) is 113 Å². The molecule has 2 aromatic rings. The average molecular weight is 460 g/mol. The Morgan fingerprint density at radius 2 is 1.94 bits per heavy atom. The maximum absolute atomic E-state index is 11.0. The Bertz CT molecular complexity index is 1390. The summed E-state index contributed by atoms with van der Waals surface area (Å²) in [7, 11) is 1.65. The lowest BCUT2D eigenvalue weighted by molar-refractivity contribution is -0.137. The fraction of sp³-hybridized carbons (Fsp3) is 0.259. The fourth-order valence-corrected chi connectivity index (χ4v) is 4.45. The number of nitrogen functional groups attached to an aromatic ring is 1. The first kappa shape index (κ1) is 23.2. The molecule has 2 aliphatic rings. The van der Waals surface area contributed by atoms with Crippen molar-refractivity contribution in [3.05, 3.63) is 59.5 Å². The number of nitrogens with one attached hydrogen (secondary N) is 1. The predicted octanol–water partition coefficient (Wildman–Crippen LogP) is 5.27. The molecule has 2 aromatic carbocycles. The number of hydrogen-bond donors (Lipinski definition) is 3. The Morgan fingerprint density at radius 3 is 2.65 bits per heavy atom. The molecule has 1 aliphatic carbocycles. The molecule has 176 valence electrons. The summed E-state index contributed by atoms with van der Waals surface area (Å²) in [6.45, 7) is 5.51. The Kier molecular flexibility index (Phi) is 6.45. The highest BCUT2D eigenvalue weighted by Crippen LogP contribution is 2.45. The van der Waals surface area contributed by atoms with E-state index >= 15 is 0 Å². The smallest absolute Gasteiger partial charge is 0.303 e. The zero-order valence-electron chi connectivity index (χ0n) is 19.6. The third kappa shape index (κ3) is 4.41. The Morgan fingerprint density at radius 1 is 1.15 bits per heavy atom. The molecule has 7 nitrogen and oxygen atoms in total. The van der Waals surface area contributed by atoms with Crippen molar-refractivity contribution in [3.63, 3.8) is 0 Å². The highest BCUT2D eigenvalue weighted by Gasteiger charge is 2.22. The molecule has 7 heteroatoms. The van der Waals surface area contributed by atoms with E-state index in [1.165, 1.54) is 0 Å². The zero-order valence-corrected chi connectivity index (χ0v) is 19.6. The average Bonchev–Trinajstić information content (AvgIpc) is 2.80. The summed E-state index contributed by atoms with van der Waals surface area (Å²) in [6.07, 6.45) is 0.705. The second-order valence-electron chi connectivity index (χ2n) is 8.36. The van der Waals surface area contributed by atoms with Crippen LogP contribution in [0.5, 0.6) is 5.75 Å². The first-order valence-corrected chi connectivity index (χ1v) is 11.3. The minimum Gasteiger partial charge on any atom is -0.496 e. The monoisotopic (exact) mass is 459 g/mol. The van der Waals surface area contributed by atoms with Gasteiger partial charge >= 0.3 is 5.97 Å². The van der Waals surface area contributed by atoms with Crippen LogP contribution < -0.4 is 20.7 Å². The van der Waals surface area contributed by atoms with Crippen molar-refractivity contribution in [2.24, 2.45) is 0 Å². The molecule has 0 unspecified atom stereocenters. The number of aryl methyl sites for hydroxylation is 1. The van der Waals surface area contributed by atoms with Crippen LogP contribution in [0, 0.1) is 12.3 Å². The second kappa shape index (κ2) is 9.47. The highest BCUT2D eigenvalue weighted by molar-refractivity contribution is 6.04. The van der Waals surface area contributed by atoms with Gasteiger partial charge in [0.15, 0.2) is 0 Å². The molecule has 0 saturated carbocycles. The van der Waals surface area contributed by atoms with Crippen LogP contribution in [0.4, 0.5) is 11.4 Å². The van der Waals surface area contributed by atoms with Gasteiger partial charge in [-0.05, 0) is 56.2 Å². The molecule has 0 amide bonds. The Hall–Kier alpha value is -4.00. The summed E-state index contributed by atoms with van der Waals surface area (Å²) in [6, 6.07) is 15.1. The molecule has 34 heavy (non-hydrogen) atoms. The van der Waals surface area contributed by atoms with E-state index in [-0.39, 0.29) is 6.42 Å². The summed E-state index contributed by atoms with van der Waals surface area (Å²) < 4.78 is 12.0. The van der Waals surface area contributed by atoms with Crippen molar-refractivity contribution in [2.45, 2.75) is 26.7 Å². The number of carboxylic acids is 1. The van der Waals surface area contributed by atoms with Crippen molar-refractivity contribution in [3.8, 4) is 28.2 Å². The van der Waals surface area contributed by atoms with Gasteiger partial charge < -0.3 is 30.3 Å². The maximum atomic E-state index is 11.0. The number of benzene rings is 3. The maximum Gasteiger partial charge on any atom is 0.303 e. The molecule has 0 saturated heterocycles. The molecule has 0 aromatic heterocycles. The van der Waals surface area contributed by atoms with E-state index in [4.69, 9.17) is 25.4 Å². The van der Waals surface area contributed by atoms with Crippen molar-refractivity contribution in [1.29, 1.82) is 5.41 Å². The van der Waals surface area contributed by atoms with E-state index in [9.17, 15) is 4.79 Å². The summed E-state index contributed by atoms with van der Waals surface area (Å²) in [5.41, 5.74) is 12.1. The van der Waals surface area contributed by atoms with Gasteiger partial charge in [-0.2, -0.15) is 0 Å². The molecular formula is C27H29N3O4. The molecular weight excluding hydrogens is 430 g/mol. The van der Waals surface area contributed by atoms with Gasteiger partial charge in [-0.1, -0.05) is 0 Å². The van der Waals surface area contributed by atoms with Crippen LogP contribution in [-0.4, -0.2) is 31.3 Å². The number of aliphatic carboxylic acids is 1. The largest absolute Gasteiger partial charge is 0.496 e. The summed E-state index contributed by atoms with van der Waals surface area (Å²) >= 11 is 0. The number of anilines is 2. The fourth-order valence-electron chi connectivity index (χ4n) is 4.45. The van der Waals surface area contributed by atoms with Gasteiger partial charge in [-0.15, -0.1) is 0 Å². The molecule has 0 bridgehead atoms. The van der Waals surface area contributed by atoms with E-state index in [2.05, 4.69) is 24.8 Å². The third-order valence-electron chi connectivity index (χ3n) is 6.07. The van der Waals surface area contributed by atoms with Crippen LogP contribution in [0.3, 0.4) is 0 Å². The predicted molar refractivity (Wildman–Crippen MR) is 135 cm³/mol. The molecule has 4 N–H and O–H groups in total. The molecule has 1 aliphatic heterocycles. The number of ether oxygens (including phenoxy) is 1. The number of nitrogens with zero attached hydrogens (tertiary/aromatic N) is 1. The van der Waals surface area contributed by atoms with E-state index in [0.29, 0.717) is 41.1 Å².